The first-order valence-electron chi connectivity index (χ1n) is 9.20. The summed E-state index contributed by atoms with van der Waals surface area (Å²) in [5, 5.41) is 19.0. The van der Waals surface area contributed by atoms with E-state index in [0.717, 1.165) is 17.7 Å². The summed E-state index contributed by atoms with van der Waals surface area (Å²) in [4.78, 5) is 10.9. The monoisotopic (exact) mass is 443 g/mol. The summed E-state index contributed by atoms with van der Waals surface area (Å²) >= 11 is 0. The van der Waals surface area contributed by atoms with Crippen LogP contribution < -0.4 is 4.72 Å². The van der Waals surface area contributed by atoms with E-state index in [9.17, 15) is 31.5 Å². The topological polar surface area (TPSA) is 104 Å². The zero-order chi connectivity index (χ0) is 22.1. The third-order valence-electron chi connectivity index (χ3n) is 5.21. The number of carboxylic acid groups (broad SMARTS) is 1. The SMILES string of the molecule is O=C(O)C(O)c1cccc2c1CCCC2CNS(=O)(=O)c1ccc(C(F)(F)F)cc1. The number of sulfonamides is 1. The molecule has 2 atom stereocenters. The number of benzene rings is 2. The minimum atomic E-state index is -4.56. The molecule has 6 nitrogen and oxygen atoms in total. The average Bonchev–Trinajstić information content (AvgIpc) is 2.70. The molecule has 0 aliphatic heterocycles. The Morgan fingerprint density at radius 3 is 2.43 bits per heavy atom. The van der Waals surface area contributed by atoms with E-state index in [4.69, 9.17) is 5.11 Å². The van der Waals surface area contributed by atoms with Crippen molar-refractivity contribution in [3.63, 3.8) is 0 Å². The van der Waals surface area contributed by atoms with Gasteiger partial charge >= 0.3 is 12.1 Å². The molecule has 30 heavy (non-hydrogen) atoms. The molecule has 3 rings (SSSR count). The predicted octanol–water partition coefficient (Wildman–Crippen LogP) is 3.22. The van der Waals surface area contributed by atoms with E-state index in [1.807, 2.05) is 0 Å². The molecule has 3 N–H and O–H groups in total. The maximum absolute atomic E-state index is 12.7. The number of aliphatic hydroxyl groups excluding tert-OH is 1. The lowest BCUT2D eigenvalue weighted by Crippen LogP contribution is -2.30. The first kappa shape index (κ1) is 22.3. The molecule has 0 saturated carbocycles. The summed E-state index contributed by atoms with van der Waals surface area (Å²) in [7, 11) is -4.03. The molecule has 162 valence electrons. The Kier molecular flexibility index (Phi) is 6.21. The Bertz CT molecular complexity index is 1040. The van der Waals surface area contributed by atoms with E-state index in [1.54, 1.807) is 12.1 Å². The minimum absolute atomic E-state index is 0.00295. The Hall–Kier alpha value is -2.43. The fourth-order valence-corrected chi connectivity index (χ4v) is 4.77. The van der Waals surface area contributed by atoms with Gasteiger partial charge in [-0.2, -0.15) is 13.2 Å². The van der Waals surface area contributed by atoms with Crippen molar-refractivity contribution in [2.75, 3.05) is 6.54 Å². The van der Waals surface area contributed by atoms with Crippen LogP contribution >= 0.6 is 0 Å². The van der Waals surface area contributed by atoms with Gasteiger partial charge in [0, 0.05) is 6.54 Å². The average molecular weight is 443 g/mol. The highest BCUT2D eigenvalue weighted by Gasteiger charge is 2.31. The van der Waals surface area contributed by atoms with Gasteiger partial charge < -0.3 is 10.2 Å². The molecule has 2 unspecified atom stereocenters. The number of aliphatic carboxylic acids is 1. The van der Waals surface area contributed by atoms with Gasteiger partial charge in [0.1, 0.15) is 0 Å². The van der Waals surface area contributed by atoms with Crippen molar-refractivity contribution >= 4 is 16.0 Å². The van der Waals surface area contributed by atoms with Crippen LogP contribution in [0.15, 0.2) is 47.4 Å². The summed E-state index contributed by atoms with van der Waals surface area (Å²) in [5.74, 6) is -1.62. The van der Waals surface area contributed by atoms with E-state index < -0.39 is 33.8 Å². The van der Waals surface area contributed by atoms with Crippen LogP contribution in [0.25, 0.3) is 0 Å². The fourth-order valence-electron chi connectivity index (χ4n) is 3.69. The Labute approximate surface area is 171 Å². The van der Waals surface area contributed by atoms with Gasteiger partial charge in [0.2, 0.25) is 10.0 Å². The highest BCUT2D eigenvalue weighted by molar-refractivity contribution is 7.89. The van der Waals surface area contributed by atoms with Crippen molar-refractivity contribution in [2.24, 2.45) is 0 Å². The number of alkyl halides is 3. The second-order valence-corrected chi connectivity index (χ2v) is 8.89. The predicted molar refractivity (Wildman–Crippen MR) is 101 cm³/mol. The molecule has 0 saturated heterocycles. The van der Waals surface area contributed by atoms with Gasteiger partial charge in [0.25, 0.3) is 0 Å². The second kappa shape index (κ2) is 8.37. The van der Waals surface area contributed by atoms with E-state index in [-0.39, 0.29) is 22.9 Å². The molecule has 1 aliphatic carbocycles. The molecule has 0 spiro atoms. The lowest BCUT2D eigenvalue weighted by atomic mass is 9.80. The van der Waals surface area contributed by atoms with E-state index in [1.165, 1.54) is 6.07 Å². The zero-order valence-corrected chi connectivity index (χ0v) is 16.5. The largest absolute Gasteiger partial charge is 0.479 e. The quantitative estimate of drug-likeness (QED) is 0.636. The summed E-state index contributed by atoms with van der Waals surface area (Å²) in [6, 6.07) is 8.15. The van der Waals surface area contributed by atoms with Gasteiger partial charge in [-0.05, 0) is 66.1 Å². The van der Waals surface area contributed by atoms with E-state index in [2.05, 4.69) is 4.72 Å². The van der Waals surface area contributed by atoms with E-state index in [0.29, 0.717) is 37.0 Å². The van der Waals surface area contributed by atoms with Gasteiger partial charge in [-0.1, -0.05) is 18.2 Å². The van der Waals surface area contributed by atoms with Crippen molar-refractivity contribution in [1.82, 2.24) is 4.72 Å². The lowest BCUT2D eigenvalue weighted by Gasteiger charge is -2.28. The normalized spacial score (nSPS) is 17.9. The minimum Gasteiger partial charge on any atom is -0.479 e. The molecule has 0 bridgehead atoms. The number of rotatable bonds is 6. The molecule has 10 heteroatoms. The van der Waals surface area contributed by atoms with Gasteiger partial charge in [-0.25, -0.2) is 17.9 Å². The molecular formula is C20H20F3NO5S. The van der Waals surface area contributed by atoms with Crippen molar-refractivity contribution in [2.45, 2.75) is 42.4 Å². The third kappa shape index (κ3) is 4.66. The van der Waals surface area contributed by atoms with Crippen molar-refractivity contribution in [1.29, 1.82) is 0 Å². The number of fused-ring (bicyclic) bond motifs is 1. The summed E-state index contributed by atoms with van der Waals surface area (Å²) < 4.78 is 65.4. The number of carbonyl (C=O) groups is 1. The number of hydrogen-bond donors (Lipinski definition) is 3. The van der Waals surface area contributed by atoms with Crippen LogP contribution in [0.3, 0.4) is 0 Å². The standard InChI is InChI=1S/C20H20F3NO5S/c21-20(22,23)13-7-9-14(10-8-13)30(28,29)24-11-12-3-1-5-16-15(12)4-2-6-17(16)18(25)19(26)27/h2,4,6-10,12,18,24-25H,1,3,5,11H2,(H,26,27). The maximum atomic E-state index is 12.7. The van der Waals surface area contributed by atoms with Gasteiger partial charge in [-0.3, -0.25) is 0 Å². The van der Waals surface area contributed by atoms with Gasteiger partial charge in [0.15, 0.2) is 6.10 Å². The first-order chi connectivity index (χ1) is 14.0. The summed E-state index contributed by atoms with van der Waals surface area (Å²) in [6.07, 6.45) is -4.32. The van der Waals surface area contributed by atoms with Gasteiger partial charge in [-0.15, -0.1) is 0 Å². The third-order valence-corrected chi connectivity index (χ3v) is 6.65. The van der Waals surface area contributed by atoms with Crippen LogP contribution in [0.2, 0.25) is 0 Å². The van der Waals surface area contributed by atoms with Crippen LogP contribution in [0.1, 0.15) is 47.1 Å². The van der Waals surface area contributed by atoms with Crippen LogP contribution in [-0.4, -0.2) is 31.1 Å². The Morgan fingerprint density at radius 2 is 1.83 bits per heavy atom. The second-order valence-electron chi connectivity index (χ2n) is 7.12. The van der Waals surface area contributed by atoms with Crippen molar-refractivity contribution in [3.05, 3.63) is 64.7 Å². The molecule has 0 radical (unpaired) electrons. The Balaban J connectivity index is 1.79. The molecule has 0 amide bonds. The van der Waals surface area contributed by atoms with Crippen LogP contribution in [-0.2, 0) is 27.4 Å². The molecule has 2 aromatic carbocycles. The van der Waals surface area contributed by atoms with Crippen LogP contribution in [0.4, 0.5) is 13.2 Å². The molecular weight excluding hydrogens is 423 g/mol. The zero-order valence-electron chi connectivity index (χ0n) is 15.7. The lowest BCUT2D eigenvalue weighted by molar-refractivity contribution is -0.147. The maximum Gasteiger partial charge on any atom is 0.416 e. The molecule has 2 aromatic rings. The van der Waals surface area contributed by atoms with Crippen LogP contribution in [0.5, 0.6) is 0 Å². The smallest absolute Gasteiger partial charge is 0.416 e. The summed E-state index contributed by atoms with van der Waals surface area (Å²) in [6.45, 7) is 0.00295. The van der Waals surface area contributed by atoms with Crippen molar-refractivity contribution < 1.29 is 36.6 Å². The molecule has 0 heterocycles. The highest BCUT2D eigenvalue weighted by atomic mass is 32.2. The Morgan fingerprint density at radius 1 is 1.17 bits per heavy atom. The van der Waals surface area contributed by atoms with E-state index >= 15 is 0 Å². The van der Waals surface area contributed by atoms with Crippen molar-refractivity contribution in [3.8, 4) is 0 Å². The molecule has 0 aromatic heterocycles. The fraction of sp³-hybridized carbons (Fsp3) is 0.350. The molecule has 1 aliphatic rings. The first-order valence-corrected chi connectivity index (χ1v) is 10.7. The highest BCUT2D eigenvalue weighted by Crippen LogP contribution is 2.35. The summed E-state index contributed by atoms with van der Waals surface area (Å²) in [5.41, 5.74) is 0.800. The molecule has 0 fully saturated rings. The number of aliphatic hydroxyl groups is 1. The number of nitrogens with one attached hydrogen (secondary N) is 1. The number of carboxylic acids is 1. The number of hydrogen-bond acceptors (Lipinski definition) is 4. The van der Waals surface area contributed by atoms with Crippen LogP contribution in [0, 0.1) is 0 Å². The van der Waals surface area contributed by atoms with Gasteiger partial charge in [0.05, 0.1) is 10.5 Å². The number of halogens is 3.